The fourth-order valence-corrected chi connectivity index (χ4v) is 6.41. The Morgan fingerprint density at radius 1 is 0.870 bits per heavy atom. The van der Waals surface area contributed by atoms with Gasteiger partial charge in [0.05, 0.1) is 25.2 Å². The first-order valence-electron chi connectivity index (χ1n) is 16.2. The van der Waals surface area contributed by atoms with Crippen molar-refractivity contribution in [2.45, 2.75) is 85.2 Å². The van der Waals surface area contributed by atoms with Gasteiger partial charge in [0.15, 0.2) is 11.5 Å². The number of carbonyl (C=O) groups is 3. The van der Waals surface area contributed by atoms with E-state index in [1.54, 1.807) is 30.3 Å². The smallest absolute Gasteiger partial charge is 0.235 e. The van der Waals surface area contributed by atoms with Crippen molar-refractivity contribution in [3.63, 3.8) is 0 Å². The van der Waals surface area contributed by atoms with Crippen molar-refractivity contribution >= 4 is 29.0 Å². The van der Waals surface area contributed by atoms with Crippen molar-refractivity contribution in [2.75, 3.05) is 24.4 Å². The summed E-state index contributed by atoms with van der Waals surface area (Å²) >= 11 is 0. The molecule has 8 nitrogen and oxygen atoms in total. The van der Waals surface area contributed by atoms with Gasteiger partial charge in [-0.05, 0) is 93.1 Å². The number of ketones is 1. The molecular weight excluding hydrogens is 580 g/mol. The first-order chi connectivity index (χ1) is 21.9. The number of amides is 2. The number of rotatable bonds is 12. The van der Waals surface area contributed by atoms with Crippen LogP contribution in [0.25, 0.3) is 0 Å². The standard InChI is InChI=1S/C38H48N2O6/c1-8-9-10-11-20-46-31-19-18-27(21-32(31)45-7)33-34(36(42)39-28-16-12-14-23(2)25(28)4)30(41)22-38(6,44)35(33)37(43)40-29-17-13-15-24(3)26(29)5/h12-19,21,33-35,44H,8-11,20,22H2,1-7H3,(H,39,42)(H,40,43). The van der Waals surface area contributed by atoms with Gasteiger partial charge in [0.1, 0.15) is 11.7 Å². The predicted octanol–water partition coefficient (Wildman–Crippen LogP) is 7.21. The summed E-state index contributed by atoms with van der Waals surface area (Å²) in [5.41, 5.74) is 3.76. The van der Waals surface area contributed by atoms with E-state index in [2.05, 4.69) is 17.6 Å². The molecule has 0 heterocycles. The number of aliphatic hydroxyl groups is 1. The van der Waals surface area contributed by atoms with E-state index in [9.17, 15) is 19.5 Å². The number of benzene rings is 3. The van der Waals surface area contributed by atoms with Gasteiger partial charge in [-0.1, -0.05) is 56.5 Å². The van der Waals surface area contributed by atoms with Gasteiger partial charge in [0.25, 0.3) is 0 Å². The second-order valence-electron chi connectivity index (χ2n) is 12.8. The Kier molecular flexibility index (Phi) is 11.3. The fraction of sp³-hybridized carbons (Fsp3) is 0.447. The lowest BCUT2D eigenvalue weighted by Crippen LogP contribution is -2.56. The number of aryl methyl sites for hydroxylation is 2. The zero-order valence-corrected chi connectivity index (χ0v) is 28.2. The Balaban J connectivity index is 1.79. The molecule has 4 atom stereocenters. The van der Waals surface area contributed by atoms with E-state index in [0.717, 1.165) is 47.9 Å². The number of methoxy groups -OCH3 is 1. The van der Waals surface area contributed by atoms with E-state index in [4.69, 9.17) is 9.47 Å². The molecule has 0 radical (unpaired) electrons. The van der Waals surface area contributed by atoms with Gasteiger partial charge in [-0.3, -0.25) is 14.4 Å². The zero-order valence-electron chi connectivity index (χ0n) is 28.2. The van der Waals surface area contributed by atoms with Crippen molar-refractivity contribution in [3.05, 3.63) is 82.4 Å². The minimum Gasteiger partial charge on any atom is -0.493 e. The second kappa shape index (κ2) is 14.9. The van der Waals surface area contributed by atoms with Gasteiger partial charge in [-0.15, -0.1) is 0 Å². The highest BCUT2D eigenvalue weighted by molar-refractivity contribution is 6.10. The highest BCUT2D eigenvalue weighted by Crippen LogP contribution is 2.48. The van der Waals surface area contributed by atoms with Crippen LogP contribution in [0.4, 0.5) is 11.4 Å². The summed E-state index contributed by atoms with van der Waals surface area (Å²) in [4.78, 5) is 42.2. The van der Waals surface area contributed by atoms with Gasteiger partial charge >= 0.3 is 0 Å². The summed E-state index contributed by atoms with van der Waals surface area (Å²) in [6.45, 7) is 11.9. The van der Waals surface area contributed by atoms with Gasteiger partial charge in [0, 0.05) is 23.7 Å². The molecule has 3 aromatic carbocycles. The fourth-order valence-electron chi connectivity index (χ4n) is 6.41. The topological polar surface area (TPSA) is 114 Å². The maximum absolute atomic E-state index is 14.2. The molecule has 8 heteroatoms. The van der Waals surface area contributed by atoms with Crippen molar-refractivity contribution in [3.8, 4) is 11.5 Å². The van der Waals surface area contributed by atoms with Crippen LogP contribution in [0.5, 0.6) is 11.5 Å². The maximum atomic E-state index is 14.2. The molecular formula is C38H48N2O6. The largest absolute Gasteiger partial charge is 0.493 e. The molecule has 0 aromatic heterocycles. The van der Waals surface area contributed by atoms with Crippen LogP contribution in [0, 0.1) is 39.5 Å². The normalized spacial score (nSPS) is 21.0. The maximum Gasteiger partial charge on any atom is 0.235 e. The van der Waals surface area contributed by atoms with Gasteiger partial charge in [-0.25, -0.2) is 0 Å². The lowest BCUT2D eigenvalue weighted by molar-refractivity contribution is -0.150. The van der Waals surface area contributed by atoms with E-state index in [1.807, 2.05) is 52.0 Å². The summed E-state index contributed by atoms with van der Waals surface area (Å²) < 4.78 is 11.7. The SMILES string of the molecule is CCCCCCOc1ccc(C2C(C(=O)Nc3cccc(C)c3C)C(=O)CC(C)(O)C2C(=O)Nc2cccc(C)c2C)cc1OC. The molecule has 3 N–H and O–H groups in total. The molecule has 4 rings (SSSR count). The number of carbonyl (C=O) groups excluding carboxylic acids is 3. The highest BCUT2D eigenvalue weighted by Gasteiger charge is 2.56. The minimum atomic E-state index is -1.73. The van der Waals surface area contributed by atoms with Crippen molar-refractivity contribution in [1.82, 2.24) is 0 Å². The molecule has 1 aliphatic carbocycles. The molecule has 1 saturated carbocycles. The molecule has 0 bridgehead atoms. The summed E-state index contributed by atoms with van der Waals surface area (Å²) in [5, 5.41) is 17.7. The highest BCUT2D eigenvalue weighted by atomic mass is 16.5. The van der Waals surface area contributed by atoms with E-state index < -0.39 is 41.0 Å². The Morgan fingerprint density at radius 3 is 2.07 bits per heavy atom. The Morgan fingerprint density at radius 2 is 1.48 bits per heavy atom. The molecule has 246 valence electrons. The first-order valence-corrected chi connectivity index (χ1v) is 16.2. The molecule has 1 aliphatic rings. The van der Waals surface area contributed by atoms with Crippen LogP contribution in [0.2, 0.25) is 0 Å². The monoisotopic (exact) mass is 628 g/mol. The second-order valence-corrected chi connectivity index (χ2v) is 12.8. The van der Waals surface area contributed by atoms with Gasteiger partial charge in [-0.2, -0.15) is 0 Å². The Hall–Kier alpha value is -4.17. The Labute approximate surface area is 272 Å². The quantitative estimate of drug-likeness (QED) is 0.144. The number of Topliss-reactive ketones (excluding diaryl/α,β-unsaturated/α-hetero) is 1. The third-order valence-corrected chi connectivity index (χ3v) is 9.39. The average molecular weight is 629 g/mol. The third kappa shape index (κ3) is 7.61. The van der Waals surface area contributed by atoms with Crippen LogP contribution < -0.4 is 20.1 Å². The van der Waals surface area contributed by atoms with Gasteiger partial charge in [0.2, 0.25) is 11.8 Å². The minimum absolute atomic E-state index is 0.352. The molecule has 46 heavy (non-hydrogen) atoms. The predicted molar refractivity (Wildman–Crippen MR) is 182 cm³/mol. The first kappa shape index (κ1) is 34.7. The van der Waals surface area contributed by atoms with Crippen molar-refractivity contribution < 1.29 is 29.0 Å². The summed E-state index contributed by atoms with van der Waals surface area (Å²) in [6, 6.07) is 16.4. The van der Waals surface area contributed by atoms with Crippen LogP contribution in [0.3, 0.4) is 0 Å². The number of anilines is 2. The van der Waals surface area contributed by atoms with Crippen LogP contribution >= 0.6 is 0 Å². The number of hydrogen-bond acceptors (Lipinski definition) is 6. The number of nitrogens with one attached hydrogen (secondary N) is 2. The number of ether oxygens (including phenoxy) is 2. The van der Waals surface area contributed by atoms with Crippen molar-refractivity contribution in [2.24, 2.45) is 11.8 Å². The van der Waals surface area contributed by atoms with Crippen LogP contribution in [-0.4, -0.2) is 42.0 Å². The lowest BCUT2D eigenvalue weighted by Gasteiger charge is -2.44. The molecule has 3 aromatic rings. The third-order valence-electron chi connectivity index (χ3n) is 9.39. The summed E-state index contributed by atoms with van der Waals surface area (Å²) in [7, 11) is 1.53. The molecule has 1 fully saturated rings. The summed E-state index contributed by atoms with van der Waals surface area (Å²) in [6.07, 6.45) is 3.87. The van der Waals surface area contributed by atoms with E-state index in [-0.39, 0.29) is 6.42 Å². The Bertz CT molecular complexity index is 1580. The molecule has 0 spiro atoms. The summed E-state index contributed by atoms with van der Waals surface area (Å²) in [5.74, 6) is -3.89. The van der Waals surface area contributed by atoms with Crippen LogP contribution in [0.1, 0.15) is 79.7 Å². The lowest BCUT2D eigenvalue weighted by atomic mass is 9.61. The molecule has 0 saturated heterocycles. The molecule has 0 aliphatic heterocycles. The van der Waals surface area contributed by atoms with Crippen LogP contribution in [0.15, 0.2) is 54.6 Å². The number of hydrogen-bond donors (Lipinski definition) is 3. The molecule has 4 unspecified atom stereocenters. The average Bonchev–Trinajstić information content (AvgIpc) is 3.00. The van der Waals surface area contributed by atoms with Crippen LogP contribution in [-0.2, 0) is 14.4 Å². The molecule has 2 amide bonds. The van der Waals surface area contributed by atoms with E-state index >= 15 is 0 Å². The number of unbranched alkanes of at least 4 members (excludes halogenated alkanes) is 3. The van der Waals surface area contributed by atoms with E-state index in [1.165, 1.54) is 14.0 Å². The van der Waals surface area contributed by atoms with Crippen molar-refractivity contribution in [1.29, 1.82) is 0 Å². The van der Waals surface area contributed by atoms with E-state index in [0.29, 0.717) is 35.0 Å². The zero-order chi connectivity index (χ0) is 33.6. The van der Waals surface area contributed by atoms with Gasteiger partial charge < -0.3 is 25.2 Å².